The van der Waals surface area contributed by atoms with E-state index in [0.29, 0.717) is 19.4 Å². The molecule has 0 atom stereocenters. The SMILES string of the molecule is CCCCCCCCC(CCCCCCCC)OC(=O)CCCCN(CCO)CCCCCCCCCCCCCCC(=O)OCCCC. The summed E-state index contributed by atoms with van der Waals surface area (Å²) in [5.41, 5.74) is 0. The third kappa shape index (κ3) is 36.5. The lowest BCUT2D eigenvalue weighted by Gasteiger charge is -2.21. The Morgan fingerprint density at radius 1 is 0.469 bits per heavy atom. The Kier molecular flexibility index (Phi) is 38.7. The van der Waals surface area contributed by atoms with E-state index in [1.807, 2.05) is 0 Å². The molecule has 0 amide bonds. The number of ether oxygens (including phenoxy) is 2. The van der Waals surface area contributed by atoms with E-state index in [2.05, 4.69) is 25.7 Å². The van der Waals surface area contributed by atoms with E-state index in [-0.39, 0.29) is 24.6 Å². The zero-order chi connectivity index (χ0) is 35.9. The molecule has 0 aromatic heterocycles. The molecule has 0 aromatic carbocycles. The number of carbonyl (C=O) groups is 2. The van der Waals surface area contributed by atoms with Crippen LogP contribution in [0.1, 0.15) is 226 Å². The molecule has 6 heteroatoms. The highest BCUT2D eigenvalue weighted by atomic mass is 16.5. The monoisotopic (exact) mass is 696 g/mol. The minimum Gasteiger partial charge on any atom is -0.466 e. The number of hydrogen-bond acceptors (Lipinski definition) is 6. The second-order valence-corrected chi connectivity index (χ2v) is 14.8. The molecule has 0 aliphatic rings. The van der Waals surface area contributed by atoms with Crippen LogP contribution in [0.25, 0.3) is 0 Å². The summed E-state index contributed by atoms with van der Waals surface area (Å²) in [6.45, 7) is 10.1. The van der Waals surface area contributed by atoms with Crippen LogP contribution in [0.15, 0.2) is 0 Å². The van der Waals surface area contributed by atoms with Gasteiger partial charge in [-0.3, -0.25) is 9.59 Å². The van der Waals surface area contributed by atoms with Gasteiger partial charge in [-0.2, -0.15) is 0 Å². The molecule has 0 radical (unpaired) electrons. The molecule has 0 heterocycles. The third-order valence-electron chi connectivity index (χ3n) is 9.95. The Labute approximate surface area is 305 Å². The predicted molar refractivity (Wildman–Crippen MR) is 209 cm³/mol. The Morgan fingerprint density at radius 2 is 0.857 bits per heavy atom. The van der Waals surface area contributed by atoms with Gasteiger partial charge in [-0.05, 0) is 70.9 Å². The molecular formula is C43H85NO5. The van der Waals surface area contributed by atoms with Gasteiger partial charge < -0.3 is 19.5 Å². The fraction of sp³-hybridized carbons (Fsp3) is 0.953. The van der Waals surface area contributed by atoms with Crippen molar-refractivity contribution in [2.75, 3.05) is 32.8 Å². The first kappa shape index (κ1) is 47.9. The van der Waals surface area contributed by atoms with Gasteiger partial charge in [0.15, 0.2) is 0 Å². The number of rotatable bonds is 40. The van der Waals surface area contributed by atoms with Crippen molar-refractivity contribution in [1.82, 2.24) is 4.90 Å². The van der Waals surface area contributed by atoms with Crippen LogP contribution < -0.4 is 0 Å². The molecule has 1 N–H and O–H groups in total. The molecular weight excluding hydrogens is 610 g/mol. The maximum atomic E-state index is 12.7. The summed E-state index contributed by atoms with van der Waals surface area (Å²) in [5, 5.41) is 9.57. The second-order valence-electron chi connectivity index (χ2n) is 14.8. The molecule has 0 saturated heterocycles. The standard InChI is InChI=1S/C43H85NO5/c1-4-7-10-12-22-26-32-41(33-27-23-13-11-8-5-2)49-43(47)35-29-31-37-44(38-39-45)36-30-25-21-19-17-15-14-16-18-20-24-28-34-42(46)48-40-9-6-3/h41,45H,4-40H2,1-3H3. The summed E-state index contributed by atoms with van der Waals surface area (Å²) in [6, 6.07) is 0. The summed E-state index contributed by atoms with van der Waals surface area (Å²) in [6.07, 6.45) is 37.5. The van der Waals surface area contributed by atoms with E-state index in [0.717, 1.165) is 71.0 Å². The summed E-state index contributed by atoms with van der Waals surface area (Å²) >= 11 is 0. The largest absolute Gasteiger partial charge is 0.466 e. The molecule has 0 bridgehead atoms. The first-order valence-corrected chi connectivity index (χ1v) is 21.8. The average molecular weight is 696 g/mol. The van der Waals surface area contributed by atoms with E-state index < -0.39 is 0 Å². The van der Waals surface area contributed by atoms with Crippen molar-refractivity contribution >= 4 is 11.9 Å². The van der Waals surface area contributed by atoms with Crippen molar-refractivity contribution in [3.8, 4) is 0 Å². The van der Waals surface area contributed by atoms with Crippen molar-refractivity contribution in [2.45, 2.75) is 232 Å². The van der Waals surface area contributed by atoms with E-state index in [4.69, 9.17) is 9.47 Å². The minimum atomic E-state index is -0.0238. The van der Waals surface area contributed by atoms with Crippen LogP contribution in [-0.4, -0.2) is 60.9 Å². The smallest absolute Gasteiger partial charge is 0.306 e. The van der Waals surface area contributed by atoms with Gasteiger partial charge in [-0.15, -0.1) is 0 Å². The molecule has 0 unspecified atom stereocenters. The lowest BCUT2D eigenvalue weighted by molar-refractivity contribution is -0.150. The van der Waals surface area contributed by atoms with E-state index in [9.17, 15) is 14.7 Å². The minimum absolute atomic E-state index is 0.00704. The topological polar surface area (TPSA) is 76.1 Å². The maximum Gasteiger partial charge on any atom is 0.306 e. The van der Waals surface area contributed by atoms with Gasteiger partial charge in [0.2, 0.25) is 0 Å². The first-order valence-electron chi connectivity index (χ1n) is 21.8. The van der Waals surface area contributed by atoms with Gasteiger partial charge >= 0.3 is 11.9 Å². The molecule has 0 rings (SSSR count). The lowest BCUT2D eigenvalue weighted by Crippen LogP contribution is -2.29. The van der Waals surface area contributed by atoms with Crippen LogP contribution >= 0.6 is 0 Å². The Hall–Kier alpha value is -1.14. The van der Waals surface area contributed by atoms with Crippen molar-refractivity contribution < 1.29 is 24.2 Å². The van der Waals surface area contributed by atoms with Gasteiger partial charge in [0, 0.05) is 19.4 Å². The van der Waals surface area contributed by atoms with Crippen LogP contribution in [0.5, 0.6) is 0 Å². The zero-order valence-corrected chi connectivity index (χ0v) is 33.3. The van der Waals surface area contributed by atoms with E-state index in [1.165, 1.54) is 141 Å². The van der Waals surface area contributed by atoms with Gasteiger partial charge in [0.05, 0.1) is 13.2 Å². The highest BCUT2D eigenvalue weighted by molar-refractivity contribution is 5.69. The Morgan fingerprint density at radius 3 is 1.35 bits per heavy atom. The summed E-state index contributed by atoms with van der Waals surface area (Å²) < 4.78 is 11.2. The summed E-state index contributed by atoms with van der Waals surface area (Å²) in [5.74, 6) is -0.0308. The van der Waals surface area contributed by atoms with Gasteiger partial charge in [0.1, 0.15) is 6.10 Å². The van der Waals surface area contributed by atoms with Crippen LogP contribution in [0.2, 0.25) is 0 Å². The highest BCUT2D eigenvalue weighted by Crippen LogP contribution is 2.18. The fourth-order valence-electron chi connectivity index (χ4n) is 6.67. The number of aliphatic hydroxyl groups excluding tert-OH is 1. The van der Waals surface area contributed by atoms with E-state index in [1.54, 1.807) is 0 Å². The number of nitrogens with zero attached hydrogens (tertiary/aromatic N) is 1. The molecule has 0 aliphatic carbocycles. The molecule has 6 nitrogen and oxygen atoms in total. The molecule has 0 saturated carbocycles. The summed E-state index contributed by atoms with van der Waals surface area (Å²) in [7, 11) is 0. The van der Waals surface area contributed by atoms with Crippen molar-refractivity contribution in [3.63, 3.8) is 0 Å². The zero-order valence-electron chi connectivity index (χ0n) is 33.3. The third-order valence-corrected chi connectivity index (χ3v) is 9.95. The number of esters is 2. The van der Waals surface area contributed by atoms with Crippen LogP contribution in [0, 0.1) is 0 Å². The van der Waals surface area contributed by atoms with E-state index >= 15 is 0 Å². The number of aliphatic hydroxyl groups is 1. The molecule has 0 aliphatic heterocycles. The molecule has 0 aromatic rings. The average Bonchev–Trinajstić information content (AvgIpc) is 3.09. The highest BCUT2D eigenvalue weighted by Gasteiger charge is 2.15. The maximum absolute atomic E-state index is 12.7. The second kappa shape index (κ2) is 39.6. The van der Waals surface area contributed by atoms with Crippen molar-refractivity contribution in [3.05, 3.63) is 0 Å². The van der Waals surface area contributed by atoms with Crippen LogP contribution in [0.3, 0.4) is 0 Å². The first-order chi connectivity index (χ1) is 24.1. The van der Waals surface area contributed by atoms with Crippen molar-refractivity contribution in [1.29, 1.82) is 0 Å². The van der Waals surface area contributed by atoms with Gasteiger partial charge in [0.25, 0.3) is 0 Å². The number of unbranched alkanes of at least 4 members (excludes halogenated alkanes) is 23. The van der Waals surface area contributed by atoms with Crippen molar-refractivity contribution in [2.24, 2.45) is 0 Å². The van der Waals surface area contributed by atoms with Gasteiger partial charge in [-0.25, -0.2) is 0 Å². The predicted octanol–water partition coefficient (Wildman–Crippen LogP) is 12.3. The molecule has 0 fully saturated rings. The Balaban J connectivity index is 3.94. The van der Waals surface area contributed by atoms with Crippen LogP contribution in [-0.2, 0) is 19.1 Å². The number of hydrogen-bond donors (Lipinski definition) is 1. The summed E-state index contributed by atoms with van der Waals surface area (Å²) in [4.78, 5) is 26.7. The lowest BCUT2D eigenvalue weighted by atomic mass is 10.0. The molecule has 0 spiro atoms. The molecule has 49 heavy (non-hydrogen) atoms. The number of carbonyl (C=O) groups excluding carboxylic acids is 2. The molecule has 292 valence electrons. The van der Waals surface area contributed by atoms with Gasteiger partial charge in [-0.1, -0.05) is 156 Å². The Bertz CT molecular complexity index is 671. The van der Waals surface area contributed by atoms with Crippen LogP contribution in [0.4, 0.5) is 0 Å². The fourth-order valence-corrected chi connectivity index (χ4v) is 6.67. The quantitative estimate of drug-likeness (QED) is 0.0508. The normalized spacial score (nSPS) is 11.6.